The van der Waals surface area contributed by atoms with E-state index < -0.39 is 6.09 Å². The number of carbonyl (C=O) groups is 1. The number of hydrogen-bond donors (Lipinski definition) is 1. The fourth-order valence-corrected chi connectivity index (χ4v) is 4.76. The van der Waals surface area contributed by atoms with Crippen LogP contribution >= 0.6 is 23.2 Å². The molecule has 2 aliphatic rings. The monoisotopic (exact) mass is 458 g/mol. The lowest BCUT2D eigenvalue weighted by Crippen LogP contribution is -2.49. The van der Waals surface area contributed by atoms with Gasteiger partial charge in [0.15, 0.2) is 6.61 Å². The van der Waals surface area contributed by atoms with Crippen molar-refractivity contribution in [1.29, 1.82) is 0 Å². The second kappa shape index (κ2) is 9.72. The number of halogens is 2. The number of alkyl halides is 1. The molecule has 162 valence electrons. The number of nitrogens with zero attached hydrogens (tertiary/aromatic N) is 1. The molecule has 2 aromatic carbocycles. The van der Waals surface area contributed by atoms with Crippen molar-refractivity contribution >= 4 is 35.0 Å². The van der Waals surface area contributed by atoms with Gasteiger partial charge in [-0.15, -0.1) is 18.0 Å². The molecule has 1 saturated heterocycles. The summed E-state index contributed by atoms with van der Waals surface area (Å²) in [6.45, 7) is 1.09. The second-order valence-corrected chi connectivity index (χ2v) is 8.47. The van der Waals surface area contributed by atoms with Crippen LogP contribution in [0.5, 0.6) is 5.75 Å². The normalized spacial score (nSPS) is 21.5. The standard InChI is InChI=1S/C24H24Cl2N2O3/c1-2-13-31-24(29)28-12-10-19-20-15-17(26)6-9-21(20)27-22(19)23(28)16-4-7-18(8-5-16)30-14-3-11-25/h1,4-9,15,19,22-23,27H,3,10-14H2. The molecule has 2 aliphatic heterocycles. The highest BCUT2D eigenvalue weighted by Gasteiger charge is 2.46. The zero-order valence-electron chi connectivity index (χ0n) is 17.0. The third kappa shape index (κ3) is 4.56. The van der Waals surface area contributed by atoms with E-state index in [0.29, 0.717) is 24.1 Å². The first-order valence-electron chi connectivity index (χ1n) is 10.3. The van der Waals surface area contributed by atoms with Crippen molar-refractivity contribution in [3.05, 3.63) is 58.6 Å². The molecule has 3 unspecified atom stereocenters. The number of likely N-dealkylation sites (tertiary alicyclic amines) is 1. The van der Waals surface area contributed by atoms with E-state index in [-0.39, 0.29) is 24.6 Å². The van der Waals surface area contributed by atoms with Crippen LogP contribution in [-0.2, 0) is 4.74 Å². The van der Waals surface area contributed by atoms with Crippen LogP contribution in [0, 0.1) is 12.3 Å². The maximum absolute atomic E-state index is 12.8. The lowest BCUT2D eigenvalue weighted by Gasteiger charge is -2.42. The van der Waals surface area contributed by atoms with Crippen LogP contribution in [0.4, 0.5) is 10.5 Å². The van der Waals surface area contributed by atoms with Gasteiger partial charge in [-0.3, -0.25) is 4.90 Å². The molecular formula is C24H24Cl2N2O3. The molecule has 5 nitrogen and oxygen atoms in total. The molecule has 0 radical (unpaired) electrons. The zero-order chi connectivity index (χ0) is 21.8. The molecule has 0 aromatic heterocycles. The van der Waals surface area contributed by atoms with Crippen LogP contribution in [0.2, 0.25) is 5.02 Å². The number of fused-ring (bicyclic) bond motifs is 3. The number of rotatable bonds is 6. The van der Waals surface area contributed by atoms with Gasteiger partial charge in [-0.05, 0) is 54.3 Å². The van der Waals surface area contributed by atoms with Gasteiger partial charge in [-0.25, -0.2) is 4.79 Å². The van der Waals surface area contributed by atoms with Crippen LogP contribution in [0.1, 0.15) is 35.9 Å². The fraction of sp³-hybridized carbons (Fsp3) is 0.375. The Kier molecular flexibility index (Phi) is 6.80. The van der Waals surface area contributed by atoms with Crippen molar-refractivity contribution < 1.29 is 14.3 Å². The highest BCUT2D eigenvalue weighted by atomic mass is 35.5. The third-order valence-electron chi connectivity index (χ3n) is 5.81. The number of nitrogens with one attached hydrogen (secondary N) is 1. The summed E-state index contributed by atoms with van der Waals surface area (Å²) in [5.74, 6) is 3.95. The smallest absolute Gasteiger partial charge is 0.411 e. The largest absolute Gasteiger partial charge is 0.494 e. The Morgan fingerprint density at radius 1 is 1.26 bits per heavy atom. The van der Waals surface area contributed by atoms with E-state index in [1.54, 1.807) is 4.90 Å². The van der Waals surface area contributed by atoms with Gasteiger partial charge < -0.3 is 14.8 Å². The number of terminal acetylenes is 1. The Morgan fingerprint density at radius 2 is 2.06 bits per heavy atom. The Hall–Kier alpha value is -2.55. The molecule has 3 atom stereocenters. The minimum absolute atomic E-state index is 0.00335. The number of ether oxygens (including phenoxy) is 2. The number of hydrogen-bond acceptors (Lipinski definition) is 4. The molecule has 0 aliphatic carbocycles. The first-order chi connectivity index (χ1) is 15.1. The molecule has 2 heterocycles. The summed E-state index contributed by atoms with van der Waals surface area (Å²) in [7, 11) is 0. The Morgan fingerprint density at radius 3 is 2.81 bits per heavy atom. The van der Waals surface area contributed by atoms with E-state index in [1.807, 2.05) is 42.5 Å². The maximum atomic E-state index is 12.8. The molecule has 2 aromatic rings. The second-order valence-electron chi connectivity index (χ2n) is 7.65. The van der Waals surface area contributed by atoms with Crippen molar-refractivity contribution in [1.82, 2.24) is 4.90 Å². The summed E-state index contributed by atoms with van der Waals surface area (Å²) < 4.78 is 11.0. The van der Waals surface area contributed by atoms with E-state index in [9.17, 15) is 4.79 Å². The molecule has 4 rings (SSSR count). The number of benzene rings is 2. The Labute approximate surface area is 192 Å². The molecule has 0 saturated carbocycles. The summed E-state index contributed by atoms with van der Waals surface area (Å²) in [4.78, 5) is 14.6. The number of carbonyl (C=O) groups excluding carboxylic acids is 1. The lowest BCUT2D eigenvalue weighted by atomic mass is 9.81. The maximum Gasteiger partial charge on any atom is 0.411 e. The molecular weight excluding hydrogens is 435 g/mol. The highest BCUT2D eigenvalue weighted by molar-refractivity contribution is 6.30. The van der Waals surface area contributed by atoms with Crippen molar-refractivity contribution in [2.24, 2.45) is 0 Å². The fourth-order valence-electron chi connectivity index (χ4n) is 4.47. The summed E-state index contributed by atoms with van der Waals surface area (Å²) in [5, 5.41) is 4.33. The van der Waals surface area contributed by atoms with Crippen molar-refractivity contribution in [3.8, 4) is 18.1 Å². The van der Waals surface area contributed by atoms with Crippen molar-refractivity contribution in [2.75, 3.05) is 31.0 Å². The van der Waals surface area contributed by atoms with Gasteiger partial charge in [0, 0.05) is 29.1 Å². The van der Waals surface area contributed by atoms with Gasteiger partial charge in [0.05, 0.1) is 18.7 Å². The summed E-state index contributed by atoms with van der Waals surface area (Å²) in [6, 6.07) is 13.5. The minimum Gasteiger partial charge on any atom is -0.494 e. The van der Waals surface area contributed by atoms with Gasteiger partial charge in [0.2, 0.25) is 0 Å². The van der Waals surface area contributed by atoms with Crippen LogP contribution < -0.4 is 10.1 Å². The predicted octanol–water partition coefficient (Wildman–Crippen LogP) is 5.44. The van der Waals surface area contributed by atoms with Gasteiger partial charge in [-0.1, -0.05) is 29.7 Å². The quantitative estimate of drug-likeness (QED) is 0.355. The summed E-state index contributed by atoms with van der Waals surface area (Å²) in [5.41, 5.74) is 3.26. The van der Waals surface area contributed by atoms with Gasteiger partial charge in [0.1, 0.15) is 5.75 Å². The average molecular weight is 459 g/mol. The molecule has 1 amide bonds. The summed E-state index contributed by atoms with van der Waals surface area (Å²) in [6.07, 6.45) is 6.48. The molecule has 31 heavy (non-hydrogen) atoms. The number of anilines is 1. The van der Waals surface area contributed by atoms with Crippen LogP contribution in [0.15, 0.2) is 42.5 Å². The molecule has 7 heteroatoms. The van der Waals surface area contributed by atoms with Crippen LogP contribution in [-0.4, -0.2) is 42.7 Å². The van der Waals surface area contributed by atoms with Gasteiger partial charge >= 0.3 is 6.09 Å². The molecule has 1 fully saturated rings. The first kappa shape index (κ1) is 21.7. The minimum atomic E-state index is -0.403. The molecule has 1 N–H and O–H groups in total. The number of piperidine rings is 1. The number of amides is 1. The van der Waals surface area contributed by atoms with E-state index in [0.717, 1.165) is 29.8 Å². The van der Waals surface area contributed by atoms with E-state index >= 15 is 0 Å². The molecule has 0 bridgehead atoms. The van der Waals surface area contributed by atoms with Gasteiger partial charge in [0.25, 0.3) is 0 Å². The third-order valence-corrected chi connectivity index (χ3v) is 6.31. The zero-order valence-corrected chi connectivity index (χ0v) is 18.5. The topological polar surface area (TPSA) is 50.8 Å². The SMILES string of the molecule is C#CCOC(=O)N1CCC2c3cc(Cl)ccc3NC2C1c1ccc(OCCCCl)cc1. The summed E-state index contributed by atoms with van der Waals surface area (Å²) >= 11 is 12.0. The predicted molar refractivity (Wildman–Crippen MR) is 123 cm³/mol. The van der Waals surface area contributed by atoms with E-state index in [2.05, 4.69) is 11.2 Å². The first-order valence-corrected chi connectivity index (χ1v) is 11.2. The lowest BCUT2D eigenvalue weighted by molar-refractivity contribution is 0.0738. The average Bonchev–Trinajstić information content (AvgIpc) is 3.15. The van der Waals surface area contributed by atoms with E-state index in [1.165, 1.54) is 5.56 Å². The van der Waals surface area contributed by atoms with Crippen molar-refractivity contribution in [3.63, 3.8) is 0 Å². The van der Waals surface area contributed by atoms with Crippen LogP contribution in [0.25, 0.3) is 0 Å². The Balaban J connectivity index is 1.62. The Bertz CT molecular complexity index is 974. The van der Waals surface area contributed by atoms with Crippen molar-refractivity contribution in [2.45, 2.75) is 30.8 Å². The molecule has 0 spiro atoms. The van der Waals surface area contributed by atoms with E-state index in [4.69, 9.17) is 39.1 Å². The van der Waals surface area contributed by atoms with Gasteiger partial charge in [-0.2, -0.15) is 0 Å². The highest BCUT2D eigenvalue weighted by Crippen LogP contribution is 2.48. The van der Waals surface area contributed by atoms with Crippen LogP contribution in [0.3, 0.4) is 0 Å².